The molecule has 19 heavy (non-hydrogen) atoms. The molecular weight excluding hydrogens is 242 g/mol. The van der Waals surface area contributed by atoms with Crippen LogP contribution in [-0.2, 0) is 11.3 Å². The number of aliphatic imine (C=N–C) groups is 1. The number of guanidine groups is 1. The van der Waals surface area contributed by atoms with E-state index in [2.05, 4.69) is 22.5 Å². The lowest BCUT2D eigenvalue weighted by molar-refractivity contribution is 0.145. The lowest BCUT2D eigenvalue weighted by Gasteiger charge is -2.11. The molecule has 0 aromatic carbocycles. The Morgan fingerprint density at radius 2 is 2.16 bits per heavy atom. The molecule has 0 aliphatic heterocycles. The summed E-state index contributed by atoms with van der Waals surface area (Å²) in [6.45, 7) is 8.01. The number of hydrogen-bond donors (Lipinski definition) is 2. The van der Waals surface area contributed by atoms with Gasteiger partial charge in [0, 0.05) is 26.3 Å². The quantitative estimate of drug-likeness (QED) is 0.409. The predicted molar refractivity (Wildman–Crippen MR) is 77.3 cm³/mol. The summed E-state index contributed by atoms with van der Waals surface area (Å²) in [7, 11) is 0. The first-order chi connectivity index (χ1) is 9.36. The van der Waals surface area contributed by atoms with Gasteiger partial charge < -0.3 is 19.8 Å². The highest BCUT2D eigenvalue weighted by molar-refractivity contribution is 5.79. The van der Waals surface area contributed by atoms with Gasteiger partial charge >= 0.3 is 0 Å². The lowest BCUT2D eigenvalue weighted by Crippen LogP contribution is -2.38. The van der Waals surface area contributed by atoms with E-state index in [1.807, 2.05) is 19.1 Å². The zero-order valence-corrected chi connectivity index (χ0v) is 11.9. The highest BCUT2D eigenvalue weighted by atomic mass is 16.5. The van der Waals surface area contributed by atoms with Gasteiger partial charge in [-0.25, -0.2) is 4.99 Å². The van der Waals surface area contributed by atoms with Crippen molar-refractivity contribution in [3.8, 4) is 0 Å². The molecule has 0 saturated heterocycles. The molecule has 0 fully saturated rings. The lowest BCUT2D eigenvalue weighted by atomic mass is 10.4. The molecule has 0 amide bonds. The fraction of sp³-hybridized carbons (Fsp3) is 0.643. The van der Waals surface area contributed by atoms with E-state index in [9.17, 15) is 0 Å². The average molecular weight is 267 g/mol. The monoisotopic (exact) mass is 267 g/mol. The summed E-state index contributed by atoms with van der Waals surface area (Å²) in [5, 5.41) is 6.57. The van der Waals surface area contributed by atoms with E-state index in [-0.39, 0.29) is 0 Å². The van der Waals surface area contributed by atoms with Gasteiger partial charge in [0.2, 0.25) is 0 Å². The number of rotatable bonds is 9. The topological polar surface area (TPSA) is 58.8 Å². The molecule has 0 atom stereocenters. The summed E-state index contributed by atoms with van der Waals surface area (Å²) >= 11 is 0. The normalized spacial score (nSPS) is 11.6. The summed E-state index contributed by atoms with van der Waals surface area (Å²) in [6.07, 6.45) is 3.71. The smallest absolute Gasteiger partial charge is 0.191 e. The molecule has 0 radical (unpaired) electrons. The van der Waals surface area contributed by atoms with Crippen LogP contribution in [0.5, 0.6) is 0 Å². The van der Waals surface area contributed by atoms with Crippen LogP contribution in [0.15, 0.2) is 27.8 Å². The molecule has 0 aliphatic carbocycles. The minimum atomic E-state index is 0.553. The highest BCUT2D eigenvalue weighted by Gasteiger charge is 1.99. The van der Waals surface area contributed by atoms with Gasteiger partial charge in [0.1, 0.15) is 12.3 Å². The molecule has 0 saturated carbocycles. The van der Waals surface area contributed by atoms with Gasteiger partial charge in [0.25, 0.3) is 0 Å². The molecule has 108 valence electrons. The van der Waals surface area contributed by atoms with Crippen molar-refractivity contribution in [3.05, 3.63) is 24.2 Å². The Bertz CT molecular complexity index is 336. The van der Waals surface area contributed by atoms with Gasteiger partial charge in [0.15, 0.2) is 5.96 Å². The minimum Gasteiger partial charge on any atom is -0.467 e. The summed E-state index contributed by atoms with van der Waals surface area (Å²) < 4.78 is 10.6. The molecule has 0 spiro atoms. The number of nitrogens with zero attached hydrogens (tertiary/aromatic N) is 1. The van der Waals surface area contributed by atoms with Crippen molar-refractivity contribution in [2.45, 2.75) is 33.2 Å². The van der Waals surface area contributed by atoms with Gasteiger partial charge in [-0.05, 0) is 31.9 Å². The zero-order chi connectivity index (χ0) is 13.8. The molecule has 0 aliphatic rings. The van der Waals surface area contributed by atoms with E-state index in [4.69, 9.17) is 9.15 Å². The van der Waals surface area contributed by atoms with Crippen LogP contribution in [0.3, 0.4) is 0 Å². The van der Waals surface area contributed by atoms with Crippen LogP contribution < -0.4 is 10.6 Å². The second kappa shape index (κ2) is 10.4. The molecule has 1 heterocycles. The van der Waals surface area contributed by atoms with E-state index in [0.717, 1.165) is 50.9 Å². The Hall–Kier alpha value is -1.49. The summed E-state index contributed by atoms with van der Waals surface area (Å²) in [5.41, 5.74) is 0. The minimum absolute atomic E-state index is 0.553. The molecule has 5 nitrogen and oxygen atoms in total. The molecule has 1 rings (SSSR count). The molecule has 0 unspecified atom stereocenters. The highest BCUT2D eigenvalue weighted by Crippen LogP contribution is 2.01. The first-order valence-corrected chi connectivity index (χ1v) is 6.99. The van der Waals surface area contributed by atoms with Crippen LogP contribution in [0, 0.1) is 0 Å². The van der Waals surface area contributed by atoms with Crippen molar-refractivity contribution in [1.82, 2.24) is 10.6 Å². The predicted octanol–water partition coefficient (Wildman–Crippen LogP) is 2.15. The van der Waals surface area contributed by atoms with Gasteiger partial charge in [-0.15, -0.1) is 0 Å². The van der Waals surface area contributed by atoms with E-state index < -0.39 is 0 Å². The van der Waals surface area contributed by atoms with Gasteiger partial charge in [-0.1, -0.05) is 6.92 Å². The van der Waals surface area contributed by atoms with Gasteiger partial charge in [-0.3, -0.25) is 0 Å². The maximum atomic E-state index is 5.30. The van der Waals surface area contributed by atoms with Crippen molar-refractivity contribution in [3.63, 3.8) is 0 Å². The van der Waals surface area contributed by atoms with Crippen molar-refractivity contribution in [2.75, 3.05) is 26.3 Å². The van der Waals surface area contributed by atoms with Crippen LogP contribution in [0.1, 0.15) is 32.4 Å². The average Bonchev–Trinajstić information content (AvgIpc) is 2.94. The Balaban J connectivity index is 2.31. The fourth-order valence-electron chi connectivity index (χ4n) is 1.50. The molecule has 2 N–H and O–H groups in total. The number of hydrogen-bond acceptors (Lipinski definition) is 3. The van der Waals surface area contributed by atoms with Gasteiger partial charge in [0.05, 0.1) is 6.26 Å². The maximum absolute atomic E-state index is 5.30. The molecular formula is C14H25N3O2. The van der Waals surface area contributed by atoms with Crippen LogP contribution in [-0.4, -0.2) is 32.3 Å². The van der Waals surface area contributed by atoms with Crippen LogP contribution in [0.2, 0.25) is 0 Å². The molecule has 1 aromatic rings. The van der Waals surface area contributed by atoms with Crippen LogP contribution in [0.25, 0.3) is 0 Å². The number of nitrogens with one attached hydrogen (secondary N) is 2. The Morgan fingerprint density at radius 1 is 1.32 bits per heavy atom. The van der Waals surface area contributed by atoms with E-state index in [1.54, 1.807) is 6.26 Å². The number of ether oxygens (including phenoxy) is 1. The van der Waals surface area contributed by atoms with Crippen LogP contribution >= 0.6 is 0 Å². The Labute approximate surface area is 115 Å². The maximum Gasteiger partial charge on any atom is 0.191 e. The largest absolute Gasteiger partial charge is 0.467 e. The summed E-state index contributed by atoms with van der Waals surface area (Å²) in [6, 6.07) is 3.80. The second-order valence-corrected chi connectivity index (χ2v) is 4.15. The third kappa shape index (κ3) is 7.51. The summed E-state index contributed by atoms with van der Waals surface area (Å²) in [4.78, 5) is 4.48. The van der Waals surface area contributed by atoms with Gasteiger partial charge in [-0.2, -0.15) is 0 Å². The van der Waals surface area contributed by atoms with Crippen molar-refractivity contribution in [1.29, 1.82) is 0 Å². The third-order valence-electron chi connectivity index (χ3n) is 2.48. The summed E-state index contributed by atoms with van der Waals surface area (Å²) in [5.74, 6) is 1.70. The molecule has 1 aromatic heterocycles. The molecule has 0 bridgehead atoms. The Kier molecular flexibility index (Phi) is 8.55. The Morgan fingerprint density at radius 3 is 2.84 bits per heavy atom. The first-order valence-electron chi connectivity index (χ1n) is 6.99. The first kappa shape index (κ1) is 15.6. The van der Waals surface area contributed by atoms with E-state index in [0.29, 0.717) is 6.54 Å². The van der Waals surface area contributed by atoms with Crippen LogP contribution in [0.4, 0.5) is 0 Å². The zero-order valence-electron chi connectivity index (χ0n) is 11.9. The third-order valence-corrected chi connectivity index (χ3v) is 2.48. The number of furan rings is 1. The van der Waals surface area contributed by atoms with Crippen molar-refractivity contribution >= 4 is 5.96 Å². The standard InChI is InChI=1S/C14H25N3O2/c1-3-8-15-14(16-9-6-10-18-4-2)17-12-13-7-5-11-19-13/h5,7,11H,3-4,6,8-10,12H2,1-2H3,(H2,15,16,17). The molecule has 5 heteroatoms. The van der Waals surface area contributed by atoms with E-state index >= 15 is 0 Å². The van der Waals surface area contributed by atoms with Crippen molar-refractivity contribution in [2.24, 2.45) is 4.99 Å². The SMILES string of the molecule is CCCNC(=NCc1ccco1)NCCCOCC. The fourth-order valence-corrected chi connectivity index (χ4v) is 1.50. The van der Waals surface area contributed by atoms with E-state index in [1.165, 1.54) is 0 Å². The van der Waals surface area contributed by atoms with Crippen molar-refractivity contribution < 1.29 is 9.15 Å². The second-order valence-electron chi connectivity index (χ2n) is 4.15.